The summed E-state index contributed by atoms with van der Waals surface area (Å²) in [4.78, 5) is 10.4. The third kappa shape index (κ3) is 3.46. The Morgan fingerprint density at radius 1 is 1.62 bits per heavy atom. The van der Waals surface area contributed by atoms with Gasteiger partial charge in [-0.05, 0) is 19.1 Å². The highest BCUT2D eigenvalue weighted by Gasteiger charge is 2.13. The fraction of sp³-hybridized carbons (Fsp3) is 0.400. The molecule has 88 valence electrons. The van der Waals surface area contributed by atoms with Crippen LogP contribution in [-0.4, -0.2) is 24.7 Å². The van der Waals surface area contributed by atoms with Crippen molar-refractivity contribution in [2.24, 2.45) is 0 Å². The molecule has 0 unspecified atom stereocenters. The summed E-state index contributed by atoms with van der Waals surface area (Å²) in [7, 11) is 1.60. The molecule has 0 spiro atoms. The second kappa shape index (κ2) is 5.81. The van der Waals surface area contributed by atoms with Crippen molar-refractivity contribution in [1.82, 2.24) is 0 Å². The van der Waals surface area contributed by atoms with Gasteiger partial charge < -0.3 is 10.1 Å². The number of benzene rings is 1. The molecule has 16 heavy (non-hydrogen) atoms. The number of halogens is 1. The molecular formula is C10H13BrN2O3. The van der Waals surface area contributed by atoms with Crippen LogP contribution in [0.5, 0.6) is 0 Å². The molecule has 0 radical (unpaired) electrons. The zero-order valence-electron chi connectivity index (χ0n) is 9.07. The van der Waals surface area contributed by atoms with E-state index in [4.69, 9.17) is 4.74 Å². The highest BCUT2D eigenvalue weighted by molar-refractivity contribution is 9.10. The molecule has 1 aromatic rings. The number of nitro groups is 1. The van der Waals surface area contributed by atoms with Crippen molar-refractivity contribution in [2.75, 3.05) is 19.0 Å². The van der Waals surface area contributed by atoms with Crippen LogP contribution in [0.15, 0.2) is 22.7 Å². The lowest BCUT2D eigenvalue weighted by Gasteiger charge is -2.12. The summed E-state index contributed by atoms with van der Waals surface area (Å²) in [5.74, 6) is 0. The van der Waals surface area contributed by atoms with E-state index in [-0.39, 0.29) is 11.8 Å². The lowest BCUT2D eigenvalue weighted by atomic mass is 10.2. The van der Waals surface area contributed by atoms with Crippen LogP contribution in [0.3, 0.4) is 0 Å². The molecule has 0 fully saturated rings. The molecule has 1 atom stereocenters. The van der Waals surface area contributed by atoms with Crippen LogP contribution >= 0.6 is 15.9 Å². The molecule has 0 saturated heterocycles. The fourth-order valence-electron chi connectivity index (χ4n) is 1.15. The highest BCUT2D eigenvalue weighted by Crippen LogP contribution is 2.27. The number of hydrogen-bond acceptors (Lipinski definition) is 4. The van der Waals surface area contributed by atoms with Crippen molar-refractivity contribution in [3.8, 4) is 0 Å². The van der Waals surface area contributed by atoms with Gasteiger partial charge >= 0.3 is 0 Å². The summed E-state index contributed by atoms with van der Waals surface area (Å²) in [5.41, 5.74) is 0.551. The molecule has 1 aromatic carbocycles. The second-order valence-corrected chi connectivity index (χ2v) is 4.26. The largest absolute Gasteiger partial charge is 0.380 e. The molecule has 0 aliphatic carbocycles. The molecule has 1 rings (SSSR count). The smallest absolute Gasteiger partial charge is 0.292 e. The van der Waals surface area contributed by atoms with Crippen molar-refractivity contribution in [3.63, 3.8) is 0 Å². The van der Waals surface area contributed by atoms with Crippen LogP contribution in [0.4, 0.5) is 11.4 Å². The van der Waals surface area contributed by atoms with Crippen LogP contribution in [0.2, 0.25) is 0 Å². The standard InChI is InChI=1S/C10H13BrN2O3/c1-7(16-2)6-12-9-5-8(11)3-4-10(9)13(14)15/h3-5,7,12H,6H2,1-2H3/t7-/m1/s1. The number of anilines is 1. The lowest BCUT2D eigenvalue weighted by molar-refractivity contribution is -0.384. The Hall–Kier alpha value is -1.14. The first-order chi connectivity index (χ1) is 7.54. The van der Waals surface area contributed by atoms with E-state index >= 15 is 0 Å². The van der Waals surface area contributed by atoms with Gasteiger partial charge in [0, 0.05) is 24.2 Å². The molecule has 0 saturated carbocycles. The van der Waals surface area contributed by atoms with E-state index in [1.807, 2.05) is 6.92 Å². The minimum atomic E-state index is -0.410. The van der Waals surface area contributed by atoms with Gasteiger partial charge in [-0.15, -0.1) is 0 Å². The Kier molecular flexibility index (Phi) is 4.70. The van der Waals surface area contributed by atoms with Gasteiger partial charge in [0.1, 0.15) is 5.69 Å². The minimum Gasteiger partial charge on any atom is -0.380 e. The number of rotatable bonds is 5. The first kappa shape index (κ1) is 12.9. The van der Waals surface area contributed by atoms with E-state index < -0.39 is 4.92 Å². The average molecular weight is 289 g/mol. The maximum Gasteiger partial charge on any atom is 0.292 e. The Morgan fingerprint density at radius 2 is 2.31 bits per heavy atom. The van der Waals surface area contributed by atoms with E-state index in [0.29, 0.717) is 12.2 Å². The molecule has 0 aliphatic heterocycles. The van der Waals surface area contributed by atoms with E-state index in [1.165, 1.54) is 6.07 Å². The van der Waals surface area contributed by atoms with Crippen LogP contribution in [0.25, 0.3) is 0 Å². The van der Waals surface area contributed by atoms with E-state index in [2.05, 4.69) is 21.2 Å². The van der Waals surface area contributed by atoms with Gasteiger partial charge in [-0.25, -0.2) is 0 Å². The average Bonchev–Trinajstić information content (AvgIpc) is 2.25. The van der Waals surface area contributed by atoms with E-state index in [9.17, 15) is 10.1 Å². The Labute approximate surface area is 102 Å². The normalized spacial score (nSPS) is 12.2. The Bertz CT molecular complexity index is 384. The maximum atomic E-state index is 10.8. The molecule has 6 heteroatoms. The Balaban J connectivity index is 2.84. The van der Waals surface area contributed by atoms with Gasteiger partial charge in [-0.3, -0.25) is 10.1 Å². The van der Waals surface area contributed by atoms with Gasteiger partial charge in [-0.1, -0.05) is 15.9 Å². The summed E-state index contributed by atoms with van der Waals surface area (Å²) < 4.78 is 5.86. The van der Waals surface area contributed by atoms with Crippen molar-refractivity contribution >= 4 is 27.3 Å². The van der Waals surface area contributed by atoms with Crippen molar-refractivity contribution < 1.29 is 9.66 Å². The maximum absolute atomic E-state index is 10.8. The summed E-state index contributed by atoms with van der Waals surface area (Å²) in [6.07, 6.45) is -0.00131. The summed E-state index contributed by atoms with van der Waals surface area (Å²) >= 11 is 3.28. The summed E-state index contributed by atoms with van der Waals surface area (Å²) in [5, 5.41) is 13.8. The number of methoxy groups -OCH3 is 1. The van der Waals surface area contributed by atoms with Crippen LogP contribution in [0.1, 0.15) is 6.92 Å². The summed E-state index contributed by atoms with van der Waals surface area (Å²) in [6.45, 7) is 2.41. The van der Waals surface area contributed by atoms with Gasteiger partial charge in [-0.2, -0.15) is 0 Å². The fourth-order valence-corrected chi connectivity index (χ4v) is 1.51. The first-order valence-electron chi connectivity index (χ1n) is 4.75. The number of ether oxygens (including phenoxy) is 1. The van der Waals surface area contributed by atoms with Crippen LogP contribution in [0, 0.1) is 10.1 Å². The van der Waals surface area contributed by atoms with Crippen molar-refractivity contribution in [3.05, 3.63) is 32.8 Å². The van der Waals surface area contributed by atoms with E-state index in [1.54, 1.807) is 19.2 Å². The number of hydrogen-bond donors (Lipinski definition) is 1. The zero-order valence-corrected chi connectivity index (χ0v) is 10.7. The predicted molar refractivity (Wildman–Crippen MR) is 65.8 cm³/mol. The third-order valence-corrected chi connectivity index (χ3v) is 2.63. The zero-order chi connectivity index (χ0) is 12.1. The number of nitrogens with zero attached hydrogens (tertiary/aromatic N) is 1. The topological polar surface area (TPSA) is 64.4 Å². The molecule has 0 aliphatic rings. The molecule has 1 N–H and O–H groups in total. The van der Waals surface area contributed by atoms with Gasteiger partial charge in [0.2, 0.25) is 0 Å². The third-order valence-electron chi connectivity index (χ3n) is 2.14. The molecular weight excluding hydrogens is 276 g/mol. The quantitative estimate of drug-likeness (QED) is 0.668. The van der Waals surface area contributed by atoms with Crippen LogP contribution in [-0.2, 0) is 4.74 Å². The number of nitro benzene ring substituents is 1. The van der Waals surface area contributed by atoms with E-state index in [0.717, 1.165) is 4.47 Å². The van der Waals surface area contributed by atoms with Gasteiger partial charge in [0.05, 0.1) is 11.0 Å². The predicted octanol–water partition coefficient (Wildman–Crippen LogP) is 2.80. The molecule has 0 bridgehead atoms. The molecule has 0 amide bonds. The van der Waals surface area contributed by atoms with Crippen molar-refractivity contribution in [2.45, 2.75) is 13.0 Å². The lowest BCUT2D eigenvalue weighted by Crippen LogP contribution is -2.18. The Morgan fingerprint density at radius 3 is 2.88 bits per heavy atom. The molecule has 0 aromatic heterocycles. The van der Waals surface area contributed by atoms with Gasteiger partial charge in [0.25, 0.3) is 5.69 Å². The van der Waals surface area contributed by atoms with Crippen LogP contribution < -0.4 is 5.32 Å². The highest BCUT2D eigenvalue weighted by atomic mass is 79.9. The summed E-state index contributed by atoms with van der Waals surface area (Å²) in [6, 6.07) is 4.79. The number of nitrogens with one attached hydrogen (secondary N) is 1. The van der Waals surface area contributed by atoms with Gasteiger partial charge in [0.15, 0.2) is 0 Å². The minimum absolute atomic E-state index is 0.00131. The monoisotopic (exact) mass is 288 g/mol. The molecule has 0 heterocycles. The van der Waals surface area contributed by atoms with Crippen molar-refractivity contribution in [1.29, 1.82) is 0 Å². The molecule has 5 nitrogen and oxygen atoms in total. The first-order valence-corrected chi connectivity index (χ1v) is 5.54. The second-order valence-electron chi connectivity index (χ2n) is 3.35. The SMILES string of the molecule is CO[C@H](C)CNc1cc(Br)ccc1[N+](=O)[O-].